The van der Waals surface area contributed by atoms with Gasteiger partial charge in [-0.1, -0.05) is 6.07 Å². The summed E-state index contributed by atoms with van der Waals surface area (Å²) in [6.07, 6.45) is 0. The Morgan fingerprint density at radius 3 is 1.49 bits per heavy atom. The number of aromatic carboxylic acids is 1. The minimum absolute atomic E-state index is 0.181. The SMILES string of the molecule is O=C(O)c1ccc([O][Ni][c]2cccc3c4nc5nc(nc6[nH]c(nc7nc(nc([nH]4)c23)-c2ccccc2-7)c2ccccc62)-c2ccccc2-5)cc1. The van der Waals surface area contributed by atoms with Gasteiger partial charge in [0.15, 0.2) is 0 Å². The van der Waals surface area contributed by atoms with E-state index >= 15 is 0 Å². The van der Waals surface area contributed by atoms with Crippen LogP contribution in [0.1, 0.15) is 10.4 Å². The molecule has 5 heterocycles. The van der Waals surface area contributed by atoms with E-state index in [1.165, 1.54) is 12.1 Å². The van der Waals surface area contributed by atoms with Gasteiger partial charge < -0.3 is 0 Å². The number of rotatable bonds is 4. The van der Waals surface area contributed by atoms with Gasteiger partial charge in [0.2, 0.25) is 0 Å². The molecular formula is C39H22N8NiO3. The Bertz CT molecular complexity index is 2920. The topological polar surface area (TPSA) is 155 Å². The molecule has 3 N–H and O–H groups in total. The van der Waals surface area contributed by atoms with Gasteiger partial charge in [-0.05, 0) is 0 Å². The Balaban J connectivity index is 1.28. The molecule has 0 amide bonds. The first kappa shape index (κ1) is 29.2. The second-order valence-electron chi connectivity index (χ2n) is 11.8. The molecule has 51 heavy (non-hydrogen) atoms. The molecule has 0 spiro atoms. The molecule has 8 bridgehead atoms. The molecule has 0 fully saturated rings. The number of nitrogens with zero attached hydrogens (tertiary/aromatic N) is 6. The molecule has 10 rings (SSSR count). The summed E-state index contributed by atoms with van der Waals surface area (Å²) < 4.78 is 6.89. The van der Waals surface area contributed by atoms with Crippen LogP contribution in [-0.2, 0) is 14.8 Å². The number of hydrogen-bond acceptors (Lipinski definition) is 8. The molecule has 0 radical (unpaired) electrons. The van der Waals surface area contributed by atoms with E-state index < -0.39 is 5.97 Å². The van der Waals surface area contributed by atoms with E-state index in [-0.39, 0.29) is 5.56 Å². The zero-order valence-corrected chi connectivity index (χ0v) is 27.2. The van der Waals surface area contributed by atoms with E-state index in [1.807, 2.05) is 91.0 Å². The van der Waals surface area contributed by atoms with E-state index in [2.05, 4.69) is 9.97 Å². The zero-order chi connectivity index (χ0) is 34.1. The van der Waals surface area contributed by atoms with Gasteiger partial charge in [-0.15, -0.1) is 0 Å². The maximum absolute atomic E-state index is 11.4. The van der Waals surface area contributed by atoms with Crippen molar-refractivity contribution in [3.63, 3.8) is 0 Å². The van der Waals surface area contributed by atoms with Gasteiger partial charge in [0.05, 0.1) is 0 Å². The molecule has 8 aromatic rings. The summed E-state index contributed by atoms with van der Waals surface area (Å²) in [5.41, 5.74) is 5.98. The van der Waals surface area contributed by atoms with Gasteiger partial charge in [-0.3, -0.25) is 0 Å². The molecule has 2 aliphatic heterocycles. The van der Waals surface area contributed by atoms with Crippen molar-refractivity contribution in [2.24, 2.45) is 0 Å². The van der Waals surface area contributed by atoms with Crippen LogP contribution in [0.4, 0.5) is 0 Å². The predicted octanol–water partition coefficient (Wildman–Crippen LogP) is 7.27. The molecular weight excluding hydrogens is 687 g/mol. The molecule has 0 unspecified atom stereocenters. The monoisotopic (exact) mass is 708 g/mol. The van der Waals surface area contributed by atoms with Crippen molar-refractivity contribution in [3.05, 3.63) is 121 Å². The summed E-state index contributed by atoms with van der Waals surface area (Å²) in [4.78, 5) is 48.5. The fraction of sp³-hybridized carbons (Fsp3) is 0. The summed E-state index contributed by atoms with van der Waals surface area (Å²) >= 11 is 0.908. The first-order valence-electron chi connectivity index (χ1n) is 15.9. The standard InChI is InChI=1S/C32H17N8.C7H6O3.Ni/c1-2-10-18-17(9-1)25-33-26(18)38-28-21-13-5-6-14-22(21)30(35-28)40-32-24-16-8-7-15-23(24)31(36-32)39-29-20-12-4-3-11-19(20)27(34-29)37-25;8-6-3-1-5(2-4-6)7(9)10;/h1-15H,(H2,33,34,35,36,37,38,39,40);1-4,8H,(H,9,10);/q;;+1/p-1. The van der Waals surface area contributed by atoms with Crippen molar-refractivity contribution in [2.75, 3.05) is 0 Å². The summed E-state index contributed by atoms with van der Waals surface area (Å²) in [7, 11) is 0. The molecule has 0 saturated heterocycles. The number of aromatic nitrogens is 8. The van der Waals surface area contributed by atoms with Crippen LogP contribution in [-0.4, -0.2) is 50.9 Å². The van der Waals surface area contributed by atoms with Crippen LogP contribution in [0.5, 0.6) is 5.75 Å². The molecule has 0 atom stereocenters. The van der Waals surface area contributed by atoms with Crippen molar-refractivity contribution in [1.29, 1.82) is 0 Å². The third-order valence-corrected chi connectivity index (χ3v) is 9.74. The van der Waals surface area contributed by atoms with E-state index in [0.29, 0.717) is 51.6 Å². The fourth-order valence-electron chi connectivity index (χ4n) is 6.39. The Labute approximate surface area is 294 Å². The summed E-state index contributed by atoms with van der Waals surface area (Å²) in [5, 5.41) is 12.7. The molecule has 3 aromatic heterocycles. The number of carboxylic acids is 1. The third kappa shape index (κ3) is 4.84. The number of benzene rings is 5. The van der Waals surface area contributed by atoms with E-state index in [1.54, 1.807) is 12.1 Å². The number of aromatic amines is 2. The molecule has 12 heteroatoms. The Kier molecular flexibility index (Phi) is 6.52. The van der Waals surface area contributed by atoms with Gasteiger partial charge in [-0.25, -0.2) is 0 Å². The normalized spacial score (nSPS) is 11.8. The van der Waals surface area contributed by atoms with Gasteiger partial charge >= 0.3 is 289 Å². The molecule has 0 saturated carbocycles. The van der Waals surface area contributed by atoms with E-state index in [4.69, 9.17) is 33.8 Å². The number of carbonyl (C=O) groups is 1. The van der Waals surface area contributed by atoms with Crippen molar-refractivity contribution >= 4 is 54.6 Å². The number of nitrogens with one attached hydrogen (secondary N) is 2. The van der Waals surface area contributed by atoms with Crippen molar-refractivity contribution in [1.82, 2.24) is 39.9 Å². The Morgan fingerprint density at radius 1 is 0.510 bits per heavy atom. The third-order valence-electron chi connectivity index (χ3n) is 8.78. The van der Waals surface area contributed by atoms with E-state index in [0.717, 1.165) is 63.1 Å². The van der Waals surface area contributed by atoms with E-state index in [9.17, 15) is 9.90 Å². The van der Waals surface area contributed by atoms with Crippen molar-refractivity contribution in [3.8, 4) is 51.3 Å². The average Bonchev–Trinajstić information content (AvgIpc) is 3.90. The Morgan fingerprint density at radius 2 is 0.961 bits per heavy atom. The van der Waals surface area contributed by atoms with Gasteiger partial charge in [0.25, 0.3) is 0 Å². The first-order chi connectivity index (χ1) is 25.1. The summed E-state index contributed by atoms with van der Waals surface area (Å²) in [6, 6.07) is 35.9. The number of hydrogen-bond donors (Lipinski definition) is 3. The quantitative estimate of drug-likeness (QED) is 0.160. The molecule has 0 aliphatic carbocycles. The van der Waals surface area contributed by atoms with Crippen LogP contribution in [0, 0.1) is 0 Å². The second-order valence-corrected chi connectivity index (χ2v) is 12.8. The van der Waals surface area contributed by atoms with Crippen molar-refractivity contribution < 1.29 is 28.5 Å². The first-order valence-corrected chi connectivity index (χ1v) is 16.8. The number of H-pyrrole nitrogens is 2. The zero-order valence-electron chi connectivity index (χ0n) is 26.2. The average molecular weight is 709 g/mol. The van der Waals surface area contributed by atoms with Crippen LogP contribution in [0.2, 0.25) is 0 Å². The van der Waals surface area contributed by atoms with Gasteiger partial charge in [0.1, 0.15) is 0 Å². The van der Waals surface area contributed by atoms with Crippen LogP contribution in [0.15, 0.2) is 115 Å². The van der Waals surface area contributed by atoms with Crippen LogP contribution in [0.3, 0.4) is 0 Å². The molecule has 246 valence electrons. The van der Waals surface area contributed by atoms with Gasteiger partial charge in [0, 0.05) is 0 Å². The number of fused-ring (bicyclic) bond motifs is 20. The van der Waals surface area contributed by atoms with Crippen LogP contribution in [0.25, 0.3) is 89.7 Å². The molecule has 11 nitrogen and oxygen atoms in total. The van der Waals surface area contributed by atoms with Crippen molar-refractivity contribution in [2.45, 2.75) is 0 Å². The minimum atomic E-state index is -0.999. The second kappa shape index (κ2) is 11.4. The predicted molar refractivity (Wildman–Crippen MR) is 190 cm³/mol. The summed E-state index contributed by atoms with van der Waals surface area (Å²) in [5.74, 6) is 1.59. The van der Waals surface area contributed by atoms with Gasteiger partial charge in [-0.2, -0.15) is 0 Å². The van der Waals surface area contributed by atoms with Crippen LogP contribution >= 0.6 is 0 Å². The fourth-order valence-corrected chi connectivity index (χ4v) is 7.26. The number of carboxylic acid groups (broad SMARTS) is 1. The molecule has 5 aromatic carbocycles. The maximum atomic E-state index is 11.4. The summed E-state index contributed by atoms with van der Waals surface area (Å²) in [6.45, 7) is 0. The van der Waals surface area contributed by atoms with Crippen LogP contribution < -0.4 is 8.41 Å². The molecule has 2 aliphatic rings. The Hall–Kier alpha value is -6.78.